The smallest absolute Gasteiger partial charge is 0.269 e. The molecule has 134 valence electrons. The fraction of sp³-hybridized carbons (Fsp3) is 0.375. The molecule has 0 spiro atoms. The van der Waals surface area contributed by atoms with E-state index >= 15 is 0 Å². The lowest BCUT2D eigenvalue weighted by atomic mass is 10.2. The van der Waals surface area contributed by atoms with E-state index in [4.69, 9.17) is 23.8 Å². The molecule has 0 saturated carbocycles. The predicted molar refractivity (Wildman–Crippen MR) is 97.8 cm³/mol. The van der Waals surface area contributed by atoms with Crippen LogP contribution in [0.2, 0.25) is 5.02 Å². The third-order valence-corrected chi connectivity index (χ3v) is 4.37. The van der Waals surface area contributed by atoms with Crippen molar-refractivity contribution in [1.29, 1.82) is 0 Å². The van der Waals surface area contributed by atoms with Gasteiger partial charge in [-0.25, -0.2) is 5.01 Å². The van der Waals surface area contributed by atoms with E-state index < -0.39 is 11.9 Å². The molecule has 0 aliphatic carbocycles. The zero-order chi connectivity index (χ0) is 18.6. The van der Waals surface area contributed by atoms with E-state index in [2.05, 4.69) is 10.7 Å². The first-order valence-corrected chi connectivity index (χ1v) is 8.65. The fourth-order valence-electron chi connectivity index (χ4n) is 2.46. The second-order valence-electron chi connectivity index (χ2n) is 5.36. The molecule has 1 aromatic rings. The first-order valence-electron chi connectivity index (χ1n) is 7.86. The first-order chi connectivity index (χ1) is 11.9. The van der Waals surface area contributed by atoms with Crippen LogP contribution in [0.25, 0.3) is 0 Å². The fourth-order valence-corrected chi connectivity index (χ4v) is 2.98. The molecule has 0 aromatic heterocycles. The van der Waals surface area contributed by atoms with Crippen molar-refractivity contribution in [1.82, 2.24) is 20.7 Å². The minimum absolute atomic E-state index is 0.0930. The zero-order valence-corrected chi connectivity index (χ0v) is 15.5. The average molecular weight is 383 g/mol. The Bertz CT molecular complexity index is 695. The third kappa shape index (κ3) is 4.26. The van der Waals surface area contributed by atoms with Crippen LogP contribution in [0.5, 0.6) is 0 Å². The van der Waals surface area contributed by atoms with Crippen LogP contribution in [0.3, 0.4) is 0 Å². The summed E-state index contributed by atoms with van der Waals surface area (Å²) in [5, 5.41) is 4.61. The van der Waals surface area contributed by atoms with E-state index in [1.807, 2.05) is 0 Å². The highest BCUT2D eigenvalue weighted by Crippen LogP contribution is 2.19. The number of thiocarbonyl (C=S) groups is 1. The maximum absolute atomic E-state index is 12.5. The minimum Gasteiger partial charge on any atom is -0.356 e. The number of hydrogen-bond donors (Lipinski definition) is 2. The van der Waals surface area contributed by atoms with Crippen molar-refractivity contribution in [2.45, 2.75) is 26.3 Å². The van der Waals surface area contributed by atoms with Gasteiger partial charge in [0.05, 0.1) is 6.42 Å². The summed E-state index contributed by atoms with van der Waals surface area (Å²) in [6, 6.07) is 5.45. The molecule has 2 rings (SSSR count). The molecule has 1 heterocycles. The molecule has 1 aliphatic rings. The van der Waals surface area contributed by atoms with Gasteiger partial charge in [-0.15, -0.1) is 0 Å². The van der Waals surface area contributed by atoms with Crippen LogP contribution in [0.1, 0.15) is 30.6 Å². The number of carbonyl (C=O) groups excluding carboxylic acids is 3. The number of amides is 3. The number of halogens is 1. The summed E-state index contributed by atoms with van der Waals surface area (Å²) in [7, 11) is 0. The highest BCUT2D eigenvalue weighted by molar-refractivity contribution is 7.80. The van der Waals surface area contributed by atoms with Gasteiger partial charge in [0, 0.05) is 23.7 Å². The Balaban J connectivity index is 2.19. The molecule has 0 bridgehead atoms. The molecule has 1 saturated heterocycles. The highest BCUT2D eigenvalue weighted by atomic mass is 35.5. The number of benzene rings is 1. The van der Waals surface area contributed by atoms with E-state index in [0.29, 0.717) is 23.7 Å². The van der Waals surface area contributed by atoms with E-state index in [1.165, 1.54) is 9.91 Å². The molecule has 1 aliphatic heterocycles. The third-order valence-electron chi connectivity index (χ3n) is 3.70. The Morgan fingerprint density at radius 2 is 1.88 bits per heavy atom. The summed E-state index contributed by atoms with van der Waals surface area (Å²) in [4.78, 5) is 38.2. The quantitative estimate of drug-likeness (QED) is 0.725. The maximum atomic E-state index is 12.5. The Morgan fingerprint density at radius 3 is 2.44 bits per heavy atom. The predicted octanol–water partition coefficient (Wildman–Crippen LogP) is 1.33. The van der Waals surface area contributed by atoms with E-state index in [0.717, 1.165) is 0 Å². The van der Waals surface area contributed by atoms with Gasteiger partial charge >= 0.3 is 0 Å². The Labute approximate surface area is 156 Å². The molecule has 0 radical (unpaired) electrons. The maximum Gasteiger partial charge on any atom is 0.269 e. The van der Waals surface area contributed by atoms with Gasteiger partial charge in [-0.05, 0) is 50.3 Å². The lowest BCUT2D eigenvalue weighted by Crippen LogP contribution is -2.50. The molecule has 0 unspecified atom stereocenters. The highest BCUT2D eigenvalue weighted by Gasteiger charge is 2.43. The zero-order valence-electron chi connectivity index (χ0n) is 13.9. The Kier molecular flexibility index (Phi) is 6.33. The molecule has 1 aromatic carbocycles. The summed E-state index contributed by atoms with van der Waals surface area (Å²) in [5.41, 5.74) is 2.99. The van der Waals surface area contributed by atoms with E-state index in [-0.39, 0.29) is 23.3 Å². The van der Waals surface area contributed by atoms with Gasteiger partial charge < -0.3 is 5.32 Å². The number of hydrogen-bond acceptors (Lipinski definition) is 4. The minimum atomic E-state index is -0.866. The molecule has 2 N–H and O–H groups in total. The van der Waals surface area contributed by atoms with Crippen molar-refractivity contribution in [3.8, 4) is 0 Å². The normalized spacial score (nSPS) is 17.0. The standard InChI is InChI=1S/C16H19ClN4O3S/c1-3-18-13(22)9-12-15(24)20(4-2)16(25)21(12)19-14(23)10-5-7-11(17)8-6-10/h5-8,12H,3-4,9H2,1-2H3,(H,18,22)(H,19,23)/t12-/m0/s1. The first kappa shape index (κ1) is 19.1. The molecule has 1 atom stereocenters. The Morgan fingerprint density at radius 1 is 1.24 bits per heavy atom. The number of nitrogens with one attached hydrogen (secondary N) is 2. The largest absolute Gasteiger partial charge is 0.356 e. The van der Waals surface area contributed by atoms with Gasteiger partial charge in [-0.1, -0.05) is 11.6 Å². The molecule has 25 heavy (non-hydrogen) atoms. The van der Waals surface area contributed by atoms with Crippen LogP contribution in [-0.2, 0) is 9.59 Å². The van der Waals surface area contributed by atoms with E-state index in [1.54, 1.807) is 38.1 Å². The molecule has 9 heteroatoms. The average Bonchev–Trinajstić information content (AvgIpc) is 2.79. The summed E-state index contributed by atoms with van der Waals surface area (Å²) in [5.74, 6) is -1.03. The van der Waals surface area contributed by atoms with Crippen LogP contribution >= 0.6 is 23.8 Å². The number of carbonyl (C=O) groups is 3. The van der Waals surface area contributed by atoms with Crippen LogP contribution in [-0.4, -0.2) is 51.9 Å². The summed E-state index contributed by atoms with van der Waals surface area (Å²) >= 11 is 11.1. The van der Waals surface area contributed by atoms with Gasteiger partial charge in [0.1, 0.15) is 6.04 Å². The van der Waals surface area contributed by atoms with E-state index in [9.17, 15) is 14.4 Å². The van der Waals surface area contributed by atoms with Crippen LogP contribution in [0.4, 0.5) is 0 Å². The molecule has 1 fully saturated rings. The van der Waals surface area contributed by atoms with Gasteiger partial charge in [0.25, 0.3) is 11.8 Å². The SMILES string of the molecule is CCNC(=O)C[C@H]1C(=O)N(CC)C(=S)N1NC(=O)c1ccc(Cl)cc1. The molecular formula is C16H19ClN4O3S. The monoisotopic (exact) mass is 382 g/mol. The van der Waals surface area contributed by atoms with Gasteiger partial charge in [0.15, 0.2) is 5.11 Å². The summed E-state index contributed by atoms with van der Waals surface area (Å²) in [6.07, 6.45) is -0.0930. The lowest BCUT2D eigenvalue weighted by molar-refractivity contribution is -0.132. The van der Waals surface area contributed by atoms with Crippen LogP contribution in [0.15, 0.2) is 24.3 Å². The van der Waals surface area contributed by atoms with Gasteiger partial charge in [0.2, 0.25) is 5.91 Å². The molecule has 3 amide bonds. The van der Waals surface area contributed by atoms with Crippen molar-refractivity contribution in [2.75, 3.05) is 13.1 Å². The van der Waals surface area contributed by atoms with Crippen LogP contribution in [0, 0.1) is 0 Å². The lowest BCUT2D eigenvalue weighted by Gasteiger charge is -2.24. The summed E-state index contributed by atoms with van der Waals surface area (Å²) < 4.78 is 0. The second kappa shape index (κ2) is 8.26. The second-order valence-corrected chi connectivity index (χ2v) is 6.16. The van der Waals surface area contributed by atoms with Crippen molar-refractivity contribution in [3.05, 3.63) is 34.9 Å². The van der Waals surface area contributed by atoms with Crippen molar-refractivity contribution >= 4 is 46.7 Å². The van der Waals surface area contributed by atoms with Crippen molar-refractivity contribution in [3.63, 3.8) is 0 Å². The van der Waals surface area contributed by atoms with Crippen molar-refractivity contribution < 1.29 is 14.4 Å². The van der Waals surface area contributed by atoms with Gasteiger partial charge in [-0.3, -0.25) is 24.7 Å². The molecule has 7 nitrogen and oxygen atoms in total. The van der Waals surface area contributed by atoms with Gasteiger partial charge in [-0.2, -0.15) is 0 Å². The number of hydrazine groups is 1. The number of likely N-dealkylation sites (N-methyl/N-ethyl adjacent to an activating group) is 1. The topological polar surface area (TPSA) is 81.8 Å². The van der Waals surface area contributed by atoms with Crippen LogP contribution < -0.4 is 10.7 Å². The Hall–Kier alpha value is -2.19. The molecular weight excluding hydrogens is 364 g/mol. The van der Waals surface area contributed by atoms with Crippen molar-refractivity contribution in [2.24, 2.45) is 0 Å². The summed E-state index contributed by atoms with van der Waals surface area (Å²) in [6.45, 7) is 4.38. The number of rotatable bonds is 6. The number of nitrogens with zero attached hydrogens (tertiary/aromatic N) is 2.